The van der Waals surface area contributed by atoms with Gasteiger partial charge in [0.25, 0.3) is 0 Å². The van der Waals surface area contributed by atoms with Crippen molar-refractivity contribution in [3.05, 3.63) is 35.6 Å². The lowest BCUT2D eigenvalue weighted by molar-refractivity contribution is 0.376. The molecule has 0 amide bonds. The van der Waals surface area contributed by atoms with Crippen molar-refractivity contribution in [1.29, 1.82) is 0 Å². The Kier molecular flexibility index (Phi) is 4.42. The van der Waals surface area contributed by atoms with E-state index >= 15 is 0 Å². The molecule has 0 unspecified atom stereocenters. The van der Waals surface area contributed by atoms with E-state index in [1.54, 1.807) is 11.8 Å². The van der Waals surface area contributed by atoms with Crippen LogP contribution in [-0.4, -0.2) is 29.2 Å². The van der Waals surface area contributed by atoms with Crippen LogP contribution in [0.1, 0.15) is 29.5 Å². The van der Waals surface area contributed by atoms with Crippen LogP contribution in [0.2, 0.25) is 0 Å². The van der Waals surface area contributed by atoms with E-state index in [-0.39, 0.29) is 5.25 Å². The molecular formula is C13H18N4OS. The fourth-order valence-corrected chi connectivity index (χ4v) is 2.43. The Hall–Kier alpha value is -1.56. The van der Waals surface area contributed by atoms with E-state index < -0.39 is 0 Å². The first kappa shape index (κ1) is 13.9. The summed E-state index contributed by atoms with van der Waals surface area (Å²) in [5.74, 6) is 3.23. The molecule has 0 saturated heterocycles. The number of hydrogen-bond donors (Lipinski definition) is 0. The van der Waals surface area contributed by atoms with Crippen LogP contribution in [0.25, 0.3) is 0 Å². The highest BCUT2D eigenvalue weighted by Gasteiger charge is 2.13. The molecule has 0 aromatic carbocycles. The second-order valence-corrected chi connectivity index (χ2v) is 5.88. The van der Waals surface area contributed by atoms with Crippen LogP contribution in [0.5, 0.6) is 0 Å². The predicted octanol–water partition coefficient (Wildman–Crippen LogP) is 2.83. The van der Waals surface area contributed by atoms with Gasteiger partial charge in [0, 0.05) is 26.0 Å². The zero-order valence-electron chi connectivity index (χ0n) is 11.6. The molecule has 1 atom stereocenters. The molecule has 0 aliphatic carbocycles. The summed E-state index contributed by atoms with van der Waals surface area (Å²) in [6, 6.07) is 4.13. The Morgan fingerprint density at radius 3 is 2.84 bits per heavy atom. The summed E-state index contributed by atoms with van der Waals surface area (Å²) in [4.78, 5) is 10.6. The molecule has 2 aromatic rings. The molecule has 6 heteroatoms. The van der Waals surface area contributed by atoms with Gasteiger partial charge in [-0.25, -0.2) is 4.98 Å². The van der Waals surface area contributed by atoms with E-state index in [1.165, 1.54) is 5.56 Å². The fraction of sp³-hybridized carbons (Fsp3) is 0.462. The van der Waals surface area contributed by atoms with Crippen LogP contribution in [0.4, 0.5) is 5.82 Å². The molecule has 0 aliphatic rings. The number of pyridine rings is 1. The summed E-state index contributed by atoms with van der Waals surface area (Å²) in [5, 5.41) is 4.01. The molecule has 2 aromatic heterocycles. The molecule has 5 nitrogen and oxygen atoms in total. The minimum absolute atomic E-state index is 0.192. The Balaban J connectivity index is 1.96. The van der Waals surface area contributed by atoms with Gasteiger partial charge in [0.15, 0.2) is 5.82 Å². The van der Waals surface area contributed by atoms with Crippen molar-refractivity contribution >= 4 is 17.6 Å². The zero-order valence-corrected chi connectivity index (χ0v) is 12.4. The first-order chi connectivity index (χ1) is 9.06. The Morgan fingerprint density at radius 1 is 1.42 bits per heavy atom. The predicted molar refractivity (Wildman–Crippen MR) is 77.3 cm³/mol. The van der Waals surface area contributed by atoms with Gasteiger partial charge in [0.1, 0.15) is 5.82 Å². The summed E-state index contributed by atoms with van der Waals surface area (Å²) in [6.45, 7) is 3.91. The molecular weight excluding hydrogens is 260 g/mol. The first-order valence-electron chi connectivity index (χ1n) is 6.10. The third kappa shape index (κ3) is 3.70. The van der Waals surface area contributed by atoms with Crippen LogP contribution in [-0.2, 0) is 5.75 Å². The van der Waals surface area contributed by atoms with Crippen LogP contribution in [0.3, 0.4) is 0 Å². The first-order valence-corrected chi connectivity index (χ1v) is 7.15. The van der Waals surface area contributed by atoms with Gasteiger partial charge in [-0.05, 0) is 31.5 Å². The number of aromatic nitrogens is 3. The molecule has 0 N–H and O–H groups in total. The summed E-state index contributed by atoms with van der Waals surface area (Å²) in [5.41, 5.74) is 1.24. The molecule has 0 radical (unpaired) electrons. The van der Waals surface area contributed by atoms with Crippen molar-refractivity contribution in [1.82, 2.24) is 15.1 Å². The van der Waals surface area contributed by atoms with Crippen molar-refractivity contribution in [3.8, 4) is 0 Å². The highest BCUT2D eigenvalue weighted by Crippen LogP contribution is 2.30. The SMILES string of the molecule is Cc1noc([C@H](C)SCc2ccnc(N(C)C)c2)n1. The van der Waals surface area contributed by atoms with E-state index in [1.807, 2.05) is 38.2 Å². The average molecular weight is 278 g/mol. The molecule has 2 rings (SSSR count). The smallest absolute Gasteiger partial charge is 0.239 e. The quantitative estimate of drug-likeness (QED) is 0.838. The van der Waals surface area contributed by atoms with Crippen molar-refractivity contribution in [3.63, 3.8) is 0 Å². The van der Waals surface area contributed by atoms with Gasteiger partial charge < -0.3 is 9.42 Å². The topological polar surface area (TPSA) is 55.1 Å². The van der Waals surface area contributed by atoms with Gasteiger partial charge >= 0.3 is 0 Å². The number of nitrogens with zero attached hydrogens (tertiary/aromatic N) is 4. The fourth-order valence-electron chi connectivity index (χ4n) is 1.57. The average Bonchev–Trinajstić information content (AvgIpc) is 2.83. The summed E-state index contributed by atoms with van der Waals surface area (Å²) in [6.07, 6.45) is 1.84. The third-order valence-corrected chi connectivity index (χ3v) is 3.86. The highest BCUT2D eigenvalue weighted by atomic mass is 32.2. The van der Waals surface area contributed by atoms with Crippen molar-refractivity contribution in [2.75, 3.05) is 19.0 Å². The third-order valence-electron chi connectivity index (χ3n) is 2.66. The van der Waals surface area contributed by atoms with E-state index in [9.17, 15) is 0 Å². The number of thioether (sulfide) groups is 1. The molecule has 19 heavy (non-hydrogen) atoms. The van der Waals surface area contributed by atoms with E-state index in [2.05, 4.69) is 28.1 Å². The number of rotatable bonds is 5. The second-order valence-electron chi connectivity index (χ2n) is 4.55. The Bertz CT molecular complexity index is 541. The standard InChI is InChI=1S/C13H18N4OS/c1-9(13-15-10(2)16-18-13)19-8-11-5-6-14-12(7-11)17(3)4/h5-7,9H,8H2,1-4H3/t9-/m0/s1. The maximum absolute atomic E-state index is 5.17. The highest BCUT2D eigenvalue weighted by molar-refractivity contribution is 7.98. The van der Waals surface area contributed by atoms with Crippen LogP contribution >= 0.6 is 11.8 Å². The van der Waals surface area contributed by atoms with Crippen LogP contribution in [0, 0.1) is 6.92 Å². The maximum Gasteiger partial charge on any atom is 0.239 e. The second kappa shape index (κ2) is 6.06. The molecule has 0 bridgehead atoms. The van der Waals surface area contributed by atoms with E-state index in [0.717, 1.165) is 11.6 Å². The molecule has 0 aliphatic heterocycles. The normalized spacial score (nSPS) is 12.4. The Labute approximate surface area is 117 Å². The van der Waals surface area contributed by atoms with Gasteiger partial charge in [-0.15, -0.1) is 11.8 Å². The molecule has 102 valence electrons. The van der Waals surface area contributed by atoms with E-state index in [0.29, 0.717) is 11.7 Å². The minimum Gasteiger partial charge on any atom is -0.363 e. The zero-order chi connectivity index (χ0) is 13.8. The van der Waals surface area contributed by atoms with Gasteiger partial charge in [-0.3, -0.25) is 0 Å². The van der Waals surface area contributed by atoms with Gasteiger partial charge in [-0.2, -0.15) is 4.98 Å². The van der Waals surface area contributed by atoms with Crippen molar-refractivity contribution in [2.45, 2.75) is 24.9 Å². The minimum atomic E-state index is 0.192. The number of anilines is 1. The summed E-state index contributed by atoms with van der Waals surface area (Å²) in [7, 11) is 3.98. The van der Waals surface area contributed by atoms with Crippen LogP contribution < -0.4 is 4.90 Å². The maximum atomic E-state index is 5.17. The lowest BCUT2D eigenvalue weighted by atomic mass is 10.3. The molecule has 0 fully saturated rings. The van der Waals surface area contributed by atoms with Crippen molar-refractivity contribution in [2.24, 2.45) is 0 Å². The lowest BCUT2D eigenvalue weighted by Crippen LogP contribution is -2.10. The monoisotopic (exact) mass is 278 g/mol. The molecule has 2 heterocycles. The summed E-state index contributed by atoms with van der Waals surface area (Å²) >= 11 is 1.77. The van der Waals surface area contributed by atoms with Gasteiger partial charge in [0.05, 0.1) is 5.25 Å². The molecule has 0 saturated carbocycles. The lowest BCUT2D eigenvalue weighted by Gasteiger charge is -2.12. The number of aryl methyl sites for hydroxylation is 1. The van der Waals surface area contributed by atoms with Crippen LogP contribution in [0.15, 0.2) is 22.9 Å². The van der Waals surface area contributed by atoms with Crippen molar-refractivity contribution < 1.29 is 4.52 Å². The largest absolute Gasteiger partial charge is 0.363 e. The Morgan fingerprint density at radius 2 is 2.21 bits per heavy atom. The van der Waals surface area contributed by atoms with E-state index in [4.69, 9.17) is 4.52 Å². The van der Waals surface area contributed by atoms with Gasteiger partial charge in [-0.1, -0.05) is 5.16 Å². The van der Waals surface area contributed by atoms with Gasteiger partial charge in [0.2, 0.25) is 5.89 Å². The molecule has 0 spiro atoms. The summed E-state index contributed by atoms with van der Waals surface area (Å²) < 4.78 is 5.17. The number of hydrogen-bond acceptors (Lipinski definition) is 6.